The number of carboxylic acids is 1. The first-order valence-electron chi connectivity index (χ1n) is 4.58. The van der Waals surface area contributed by atoms with Gasteiger partial charge >= 0.3 is 5.97 Å². The lowest BCUT2D eigenvalue weighted by Crippen LogP contribution is -2.13. The van der Waals surface area contributed by atoms with Crippen molar-refractivity contribution in [1.82, 2.24) is 5.01 Å². The van der Waals surface area contributed by atoms with Crippen LogP contribution < -0.4 is 0 Å². The van der Waals surface area contributed by atoms with Crippen LogP contribution in [0.1, 0.15) is 26.7 Å². The van der Waals surface area contributed by atoms with E-state index in [1.807, 2.05) is 6.92 Å². The molecule has 1 aliphatic heterocycles. The lowest BCUT2D eigenvalue weighted by Gasteiger charge is -2.13. The van der Waals surface area contributed by atoms with Crippen molar-refractivity contribution in [3.63, 3.8) is 0 Å². The predicted octanol–water partition coefficient (Wildman–Crippen LogP) is 2.09. The van der Waals surface area contributed by atoms with Crippen molar-refractivity contribution in [2.24, 2.45) is 5.10 Å². The van der Waals surface area contributed by atoms with E-state index in [1.54, 1.807) is 5.01 Å². The molecule has 1 heterocycles. The SMILES string of the molecule is CCCCN1N=C(C)S/C1=C\C(=O)O. The van der Waals surface area contributed by atoms with Crippen LogP contribution in [-0.2, 0) is 4.79 Å². The Morgan fingerprint density at radius 3 is 3.00 bits per heavy atom. The van der Waals surface area contributed by atoms with E-state index in [-0.39, 0.29) is 0 Å². The molecular weight excluding hydrogens is 200 g/mol. The van der Waals surface area contributed by atoms with E-state index < -0.39 is 5.97 Å². The van der Waals surface area contributed by atoms with Gasteiger partial charge in [-0.2, -0.15) is 5.10 Å². The van der Waals surface area contributed by atoms with Crippen LogP contribution >= 0.6 is 11.8 Å². The molecular formula is C9H14N2O2S. The van der Waals surface area contributed by atoms with E-state index in [9.17, 15) is 4.79 Å². The summed E-state index contributed by atoms with van der Waals surface area (Å²) >= 11 is 1.41. The zero-order valence-electron chi connectivity index (χ0n) is 8.36. The number of nitrogens with zero attached hydrogens (tertiary/aromatic N) is 2. The highest BCUT2D eigenvalue weighted by molar-refractivity contribution is 8.17. The summed E-state index contributed by atoms with van der Waals surface area (Å²) in [5.74, 6) is -0.918. The second-order valence-electron chi connectivity index (χ2n) is 3.02. The van der Waals surface area contributed by atoms with Gasteiger partial charge in [0.2, 0.25) is 0 Å². The Bertz CT molecular complexity index is 287. The van der Waals surface area contributed by atoms with Crippen molar-refractivity contribution in [3.8, 4) is 0 Å². The van der Waals surface area contributed by atoms with Crippen molar-refractivity contribution < 1.29 is 9.90 Å². The summed E-state index contributed by atoms with van der Waals surface area (Å²) in [6, 6.07) is 0. The number of hydrazone groups is 1. The third kappa shape index (κ3) is 3.06. The second-order valence-corrected chi connectivity index (χ2v) is 4.23. The quantitative estimate of drug-likeness (QED) is 0.728. The van der Waals surface area contributed by atoms with Crippen molar-refractivity contribution in [1.29, 1.82) is 0 Å². The molecule has 0 aromatic carbocycles. The van der Waals surface area contributed by atoms with Gasteiger partial charge in [-0.15, -0.1) is 0 Å². The molecule has 4 nitrogen and oxygen atoms in total. The second kappa shape index (κ2) is 5.05. The third-order valence-corrected chi connectivity index (χ3v) is 2.65. The number of hydrogen-bond donors (Lipinski definition) is 1. The first kappa shape index (κ1) is 11.1. The van der Waals surface area contributed by atoms with Crippen LogP contribution in [0.3, 0.4) is 0 Å². The summed E-state index contributed by atoms with van der Waals surface area (Å²) in [7, 11) is 0. The van der Waals surface area contributed by atoms with Gasteiger partial charge in [-0.3, -0.25) is 5.01 Å². The Morgan fingerprint density at radius 2 is 2.43 bits per heavy atom. The van der Waals surface area contributed by atoms with Crippen LogP contribution in [0.4, 0.5) is 0 Å². The van der Waals surface area contributed by atoms with Crippen molar-refractivity contribution in [2.75, 3.05) is 6.54 Å². The Labute approximate surface area is 87.7 Å². The zero-order chi connectivity index (χ0) is 10.6. The van der Waals surface area contributed by atoms with E-state index in [2.05, 4.69) is 12.0 Å². The average molecular weight is 214 g/mol. The molecule has 0 bridgehead atoms. The summed E-state index contributed by atoms with van der Waals surface area (Å²) in [5.41, 5.74) is 0. The molecule has 0 aliphatic carbocycles. The maximum absolute atomic E-state index is 10.5. The normalized spacial score (nSPS) is 18.9. The fraction of sp³-hybridized carbons (Fsp3) is 0.556. The standard InChI is InChI=1S/C9H14N2O2S/c1-3-4-5-11-8(6-9(12)13)14-7(2)10-11/h6H,3-5H2,1-2H3,(H,12,13)/b8-6-. The summed E-state index contributed by atoms with van der Waals surface area (Å²) < 4.78 is 0. The summed E-state index contributed by atoms with van der Waals surface area (Å²) in [6.07, 6.45) is 3.31. The molecule has 0 atom stereocenters. The van der Waals surface area contributed by atoms with Crippen LogP contribution in [0.5, 0.6) is 0 Å². The highest BCUT2D eigenvalue weighted by Crippen LogP contribution is 2.29. The van der Waals surface area contributed by atoms with Crippen LogP contribution in [0.25, 0.3) is 0 Å². The van der Waals surface area contributed by atoms with Gasteiger partial charge < -0.3 is 5.11 Å². The molecule has 0 saturated heterocycles. The highest BCUT2D eigenvalue weighted by Gasteiger charge is 2.18. The van der Waals surface area contributed by atoms with E-state index >= 15 is 0 Å². The number of aliphatic carboxylic acids is 1. The monoisotopic (exact) mass is 214 g/mol. The molecule has 1 rings (SSSR count). The zero-order valence-corrected chi connectivity index (χ0v) is 9.17. The Kier molecular flexibility index (Phi) is 4.00. The smallest absolute Gasteiger partial charge is 0.331 e. The summed E-state index contributed by atoms with van der Waals surface area (Å²) in [6.45, 7) is 4.77. The number of thioether (sulfide) groups is 1. The minimum absolute atomic E-state index is 0.712. The van der Waals surface area contributed by atoms with Crippen LogP contribution in [0, 0.1) is 0 Å². The molecule has 0 spiro atoms. The Morgan fingerprint density at radius 1 is 1.71 bits per heavy atom. The number of rotatable bonds is 4. The minimum atomic E-state index is -0.918. The van der Waals surface area contributed by atoms with Gasteiger partial charge in [0.15, 0.2) is 0 Å². The molecule has 1 aliphatic rings. The van der Waals surface area contributed by atoms with Gasteiger partial charge in [0.05, 0.1) is 11.1 Å². The highest BCUT2D eigenvalue weighted by atomic mass is 32.2. The molecule has 0 amide bonds. The van der Waals surface area contributed by atoms with Gasteiger partial charge in [-0.1, -0.05) is 25.1 Å². The van der Waals surface area contributed by atoms with Crippen LogP contribution in [0.2, 0.25) is 0 Å². The van der Waals surface area contributed by atoms with E-state index in [0.29, 0.717) is 5.03 Å². The maximum atomic E-state index is 10.5. The average Bonchev–Trinajstić information content (AvgIpc) is 2.41. The van der Waals surface area contributed by atoms with E-state index in [1.165, 1.54) is 17.8 Å². The lowest BCUT2D eigenvalue weighted by atomic mass is 10.3. The molecule has 0 aromatic rings. The molecule has 78 valence electrons. The maximum Gasteiger partial charge on any atom is 0.331 e. The summed E-state index contributed by atoms with van der Waals surface area (Å²) in [4.78, 5) is 10.5. The van der Waals surface area contributed by atoms with Crippen molar-refractivity contribution in [3.05, 3.63) is 11.1 Å². The van der Waals surface area contributed by atoms with E-state index in [4.69, 9.17) is 5.11 Å². The Hall–Kier alpha value is -0.970. The number of unbranched alkanes of at least 4 members (excludes halogenated alkanes) is 1. The Balaban J connectivity index is 2.64. The number of carbonyl (C=O) groups is 1. The third-order valence-electron chi connectivity index (χ3n) is 1.74. The van der Waals surface area contributed by atoms with Gasteiger partial charge in [0, 0.05) is 6.54 Å². The number of hydrogen-bond acceptors (Lipinski definition) is 4. The molecule has 0 unspecified atom stereocenters. The fourth-order valence-corrected chi connectivity index (χ4v) is 1.96. The molecule has 5 heteroatoms. The molecule has 0 saturated carbocycles. The molecule has 14 heavy (non-hydrogen) atoms. The van der Waals surface area contributed by atoms with Gasteiger partial charge in [-0.25, -0.2) is 4.79 Å². The van der Waals surface area contributed by atoms with E-state index in [0.717, 1.165) is 24.4 Å². The molecule has 0 radical (unpaired) electrons. The van der Waals surface area contributed by atoms with Crippen molar-refractivity contribution >= 4 is 22.8 Å². The van der Waals surface area contributed by atoms with Gasteiger partial charge in [0.1, 0.15) is 5.03 Å². The summed E-state index contributed by atoms with van der Waals surface area (Å²) in [5, 5.41) is 16.2. The number of carboxylic acid groups (broad SMARTS) is 1. The molecule has 1 N–H and O–H groups in total. The topological polar surface area (TPSA) is 52.9 Å². The van der Waals surface area contributed by atoms with Gasteiger partial charge in [0.25, 0.3) is 0 Å². The fourth-order valence-electron chi connectivity index (χ4n) is 1.12. The lowest BCUT2D eigenvalue weighted by molar-refractivity contribution is -0.131. The first-order valence-corrected chi connectivity index (χ1v) is 5.40. The largest absolute Gasteiger partial charge is 0.478 e. The van der Waals surface area contributed by atoms with Crippen LogP contribution in [-0.4, -0.2) is 27.7 Å². The van der Waals surface area contributed by atoms with Crippen LogP contribution in [0.15, 0.2) is 16.2 Å². The molecule has 0 aromatic heterocycles. The minimum Gasteiger partial charge on any atom is -0.478 e. The van der Waals surface area contributed by atoms with Gasteiger partial charge in [-0.05, 0) is 13.3 Å². The predicted molar refractivity (Wildman–Crippen MR) is 58.0 cm³/mol. The first-order chi connectivity index (χ1) is 6.63. The van der Waals surface area contributed by atoms with Crippen molar-refractivity contribution in [2.45, 2.75) is 26.7 Å². The molecule has 0 fully saturated rings.